The lowest BCUT2D eigenvalue weighted by Crippen LogP contribution is -2.50. The molecule has 8 heteroatoms. The predicted octanol–water partition coefficient (Wildman–Crippen LogP) is 3.31. The molecular weight excluding hydrogens is 328 g/mol. The summed E-state index contributed by atoms with van der Waals surface area (Å²) in [5.74, 6) is -0.272. The van der Waals surface area contributed by atoms with Crippen molar-refractivity contribution in [1.29, 1.82) is 0 Å². The third-order valence-corrected chi connectivity index (χ3v) is 3.61. The summed E-state index contributed by atoms with van der Waals surface area (Å²) in [5, 5.41) is 0.697. The molecule has 3 nitrogen and oxygen atoms in total. The molecule has 1 aliphatic heterocycles. The van der Waals surface area contributed by atoms with Gasteiger partial charge in [-0.2, -0.15) is 13.2 Å². The van der Waals surface area contributed by atoms with Gasteiger partial charge < -0.3 is 4.90 Å². The first-order valence-electron chi connectivity index (χ1n) is 6.29. The molecule has 0 N–H and O–H groups in total. The van der Waals surface area contributed by atoms with Crippen LogP contribution < -0.4 is 0 Å². The van der Waals surface area contributed by atoms with Crippen molar-refractivity contribution in [2.45, 2.75) is 6.18 Å². The van der Waals surface area contributed by atoms with Crippen molar-refractivity contribution >= 4 is 29.1 Å². The Morgan fingerprint density at radius 2 is 1.57 bits per heavy atom. The highest BCUT2D eigenvalue weighted by atomic mass is 35.5. The summed E-state index contributed by atoms with van der Waals surface area (Å²) in [4.78, 5) is 15.1. The normalized spacial score (nSPS) is 17.1. The van der Waals surface area contributed by atoms with Crippen LogP contribution in [0.2, 0.25) is 10.0 Å². The Bertz CT molecular complexity index is 508. The minimum Gasteiger partial charge on any atom is -0.336 e. The fourth-order valence-corrected chi connectivity index (χ4v) is 2.75. The van der Waals surface area contributed by atoms with Crippen molar-refractivity contribution in [3.63, 3.8) is 0 Å². The van der Waals surface area contributed by atoms with Crippen molar-refractivity contribution in [2.75, 3.05) is 32.7 Å². The lowest BCUT2D eigenvalue weighted by atomic mass is 10.2. The molecule has 0 aromatic heterocycles. The largest absolute Gasteiger partial charge is 0.401 e. The third-order valence-electron chi connectivity index (χ3n) is 3.17. The molecular formula is C13H13Cl2F3N2O. The smallest absolute Gasteiger partial charge is 0.336 e. The molecule has 1 aliphatic rings. The zero-order valence-electron chi connectivity index (χ0n) is 11.0. The van der Waals surface area contributed by atoms with Gasteiger partial charge in [0, 0.05) is 41.8 Å². The summed E-state index contributed by atoms with van der Waals surface area (Å²) in [6.45, 7) is -0.0603. The molecule has 0 aliphatic carbocycles. The average molecular weight is 341 g/mol. The molecule has 1 aromatic rings. The quantitative estimate of drug-likeness (QED) is 0.824. The van der Waals surface area contributed by atoms with Crippen molar-refractivity contribution < 1.29 is 18.0 Å². The van der Waals surface area contributed by atoms with Crippen LogP contribution in [0.5, 0.6) is 0 Å². The van der Waals surface area contributed by atoms with Crippen LogP contribution in [0.25, 0.3) is 0 Å². The number of amides is 1. The summed E-state index contributed by atoms with van der Waals surface area (Å²) in [5.41, 5.74) is 0.344. The molecule has 2 rings (SSSR count). The molecule has 1 saturated heterocycles. The minimum atomic E-state index is -4.22. The van der Waals surface area contributed by atoms with Crippen LogP contribution in [0.1, 0.15) is 10.4 Å². The molecule has 0 unspecified atom stereocenters. The van der Waals surface area contributed by atoms with Crippen molar-refractivity contribution in [3.05, 3.63) is 33.8 Å². The van der Waals surface area contributed by atoms with Gasteiger partial charge in [-0.1, -0.05) is 23.2 Å². The van der Waals surface area contributed by atoms with Crippen LogP contribution in [0.4, 0.5) is 13.2 Å². The summed E-state index contributed by atoms with van der Waals surface area (Å²) in [6.07, 6.45) is -4.22. The molecule has 21 heavy (non-hydrogen) atoms. The van der Waals surface area contributed by atoms with Gasteiger partial charge in [-0.15, -0.1) is 0 Å². The number of alkyl halides is 3. The monoisotopic (exact) mass is 340 g/mol. The SMILES string of the molecule is O=C(c1cc(Cl)cc(Cl)c1)N1CCN(CC(F)(F)F)CC1. The molecule has 116 valence electrons. The maximum atomic E-state index is 12.3. The van der Waals surface area contributed by atoms with Crippen molar-refractivity contribution in [1.82, 2.24) is 9.80 Å². The van der Waals surface area contributed by atoms with Crippen molar-refractivity contribution in [3.8, 4) is 0 Å². The first-order chi connectivity index (χ1) is 9.74. The van der Waals surface area contributed by atoms with Gasteiger partial charge in [-0.25, -0.2) is 0 Å². The molecule has 0 radical (unpaired) electrons. The topological polar surface area (TPSA) is 23.6 Å². The third kappa shape index (κ3) is 4.76. The van der Waals surface area contributed by atoms with E-state index in [-0.39, 0.29) is 32.1 Å². The number of hydrogen-bond acceptors (Lipinski definition) is 2. The van der Waals surface area contributed by atoms with E-state index in [2.05, 4.69) is 0 Å². The second kappa shape index (κ2) is 6.42. The Kier molecular flexibility index (Phi) is 5.01. The molecule has 1 fully saturated rings. The van der Waals surface area contributed by atoms with E-state index in [1.54, 1.807) is 0 Å². The first kappa shape index (κ1) is 16.4. The van der Waals surface area contributed by atoms with Crippen LogP contribution in [0.15, 0.2) is 18.2 Å². The van der Waals surface area contributed by atoms with E-state index in [9.17, 15) is 18.0 Å². The molecule has 1 amide bonds. The van der Waals surface area contributed by atoms with Crippen LogP contribution in [0.3, 0.4) is 0 Å². The zero-order chi connectivity index (χ0) is 15.6. The maximum Gasteiger partial charge on any atom is 0.401 e. The van der Waals surface area contributed by atoms with Gasteiger partial charge >= 0.3 is 6.18 Å². The second-order valence-corrected chi connectivity index (χ2v) is 5.71. The van der Waals surface area contributed by atoms with Crippen LogP contribution in [-0.2, 0) is 0 Å². The van der Waals surface area contributed by atoms with Gasteiger partial charge in [0.2, 0.25) is 0 Å². The lowest BCUT2D eigenvalue weighted by Gasteiger charge is -2.35. The number of carbonyl (C=O) groups excluding carboxylic acids is 1. The highest BCUT2D eigenvalue weighted by Crippen LogP contribution is 2.21. The Labute approximate surface area is 130 Å². The molecule has 1 aromatic carbocycles. The molecule has 0 bridgehead atoms. The fraction of sp³-hybridized carbons (Fsp3) is 0.462. The van der Waals surface area contributed by atoms with Crippen LogP contribution in [0, 0.1) is 0 Å². The first-order valence-corrected chi connectivity index (χ1v) is 7.05. The van der Waals surface area contributed by atoms with E-state index in [0.717, 1.165) is 0 Å². The minimum absolute atomic E-state index is 0.194. The van der Waals surface area contributed by atoms with Gasteiger partial charge in [0.05, 0.1) is 6.54 Å². The van der Waals surface area contributed by atoms with Crippen LogP contribution in [-0.4, -0.2) is 54.6 Å². The highest BCUT2D eigenvalue weighted by Gasteiger charge is 2.33. The van der Waals surface area contributed by atoms with Gasteiger partial charge in [-0.3, -0.25) is 9.69 Å². The Morgan fingerprint density at radius 1 is 1.05 bits per heavy atom. The summed E-state index contributed by atoms with van der Waals surface area (Å²) in [7, 11) is 0. The maximum absolute atomic E-state index is 12.3. The van der Waals surface area contributed by atoms with E-state index >= 15 is 0 Å². The van der Waals surface area contributed by atoms with Gasteiger partial charge in [0.1, 0.15) is 0 Å². The number of hydrogen-bond donors (Lipinski definition) is 0. The zero-order valence-corrected chi connectivity index (χ0v) is 12.5. The van der Waals surface area contributed by atoms with Gasteiger partial charge in [0.15, 0.2) is 0 Å². The molecule has 0 saturated carbocycles. The lowest BCUT2D eigenvalue weighted by molar-refractivity contribution is -0.148. The number of rotatable bonds is 2. The van der Waals surface area contributed by atoms with Gasteiger partial charge in [0.25, 0.3) is 5.91 Å². The number of nitrogens with zero attached hydrogens (tertiary/aromatic N) is 2. The summed E-state index contributed by atoms with van der Waals surface area (Å²) < 4.78 is 36.9. The molecule has 0 spiro atoms. The van der Waals surface area contributed by atoms with Crippen molar-refractivity contribution in [2.24, 2.45) is 0 Å². The Hall–Kier alpha value is -0.980. The van der Waals surface area contributed by atoms with E-state index < -0.39 is 12.7 Å². The van der Waals surface area contributed by atoms with E-state index in [0.29, 0.717) is 15.6 Å². The number of benzene rings is 1. The van der Waals surface area contributed by atoms with Gasteiger partial charge in [-0.05, 0) is 18.2 Å². The second-order valence-electron chi connectivity index (χ2n) is 4.84. The number of halogens is 5. The number of piperazine rings is 1. The summed E-state index contributed by atoms with van der Waals surface area (Å²) >= 11 is 11.7. The summed E-state index contributed by atoms with van der Waals surface area (Å²) in [6, 6.07) is 4.51. The van der Waals surface area contributed by atoms with E-state index in [4.69, 9.17) is 23.2 Å². The number of carbonyl (C=O) groups is 1. The predicted molar refractivity (Wildman–Crippen MR) is 74.9 cm³/mol. The Balaban J connectivity index is 1.97. The van der Waals surface area contributed by atoms with Crippen LogP contribution >= 0.6 is 23.2 Å². The highest BCUT2D eigenvalue weighted by molar-refractivity contribution is 6.35. The van der Waals surface area contributed by atoms with E-state index in [1.165, 1.54) is 28.0 Å². The molecule has 0 atom stereocenters. The average Bonchev–Trinajstić information content (AvgIpc) is 2.35. The van der Waals surface area contributed by atoms with E-state index in [1.807, 2.05) is 0 Å². The standard InChI is InChI=1S/C13H13Cl2F3N2O/c14-10-5-9(6-11(15)7-10)12(21)20-3-1-19(2-4-20)8-13(16,17)18/h5-7H,1-4,8H2. The Morgan fingerprint density at radius 3 is 2.05 bits per heavy atom. The fourth-order valence-electron chi connectivity index (χ4n) is 2.22. The molecule has 1 heterocycles.